The zero-order valence-electron chi connectivity index (χ0n) is 14.3. The highest BCUT2D eigenvalue weighted by Gasteiger charge is 2.09. The van der Waals surface area contributed by atoms with Crippen LogP contribution in [0.2, 0.25) is 0 Å². The first-order valence-electron chi connectivity index (χ1n) is 8.16. The summed E-state index contributed by atoms with van der Waals surface area (Å²) in [4.78, 5) is 0. The fraction of sp³-hybridized carbons (Fsp3) is 0.316. The van der Waals surface area contributed by atoms with Crippen LogP contribution in [0.25, 0.3) is 0 Å². The van der Waals surface area contributed by atoms with Crippen molar-refractivity contribution < 1.29 is 9.47 Å². The molecule has 128 valence electrons. The van der Waals surface area contributed by atoms with Gasteiger partial charge in [-0.2, -0.15) is 0 Å². The summed E-state index contributed by atoms with van der Waals surface area (Å²) >= 11 is 5.42. The maximum Gasteiger partial charge on any atom is 0.171 e. The van der Waals surface area contributed by atoms with Crippen molar-refractivity contribution in [3.05, 3.63) is 54.1 Å². The van der Waals surface area contributed by atoms with Crippen molar-refractivity contribution in [3.8, 4) is 11.5 Å². The number of hydrogen-bond acceptors (Lipinski definition) is 3. The molecular weight excluding hydrogens is 320 g/mol. The zero-order chi connectivity index (χ0) is 17.4. The molecule has 0 fully saturated rings. The van der Waals surface area contributed by atoms with Gasteiger partial charge in [0.15, 0.2) is 5.11 Å². The first kappa shape index (κ1) is 18.1. The number of hydrogen-bond donors (Lipinski definition) is 2. The number of anilines is 1. The molecule has 0 amide bonds. The van der Waals surface area contributed by atoms with Crippen LogP contribution in [0, 0.1) is 0 Å². The lowest BCUT2D eigenvalue weighted by atomic mass is 10.1. The first-order chi connectivity index (χ1) is 11.6. The molecule has 5 heteroatoms. The molecule has 0 heterocycles. The average Bonchev–Trinajstić information content (AvgIpc) is 2.58. The highest BCUT2D eigenvalue weighted by molar-refractivity contribution is 7.80. The van der Waals surface area contributed by atoms with Crippen LogP contribution in [0.3, 0.4) is 0 Å². The molecule has 1 atom stereocenters. The van der Waals surface area contributed by atoms with Gasteiger partial charge < -0.3 is 20.1 Å². The quantitative estimate of drug-likeness (QED) is 0.722. The summed E-state index contributed by atoms with van der Waals surface area (Å²) < 4.78 is 11.1. The molecule has 0 saturated heterocycles. The lowest BCUT2D eigenvalue weighted by Crippen LogP contribution is -2.31. The number of thiocarbonyl (C=S) groups is 1. The second-order valence-corrected chi connectivity index (χ2v) is 5.66. The molecule has 0 aliphatic heterocycles. The fourth-order valence-electron chi connectivity index (χ4n) is 2.31. The van der Waals surface area contributed by atoms with Gasteiger partial charge in [0.2, 0.25) is 0 Å². The molecule has 2 rings (SSSR count). The van der Waals surface area contributed by atoms with Gasteiger partial charge in [-0.25, -0.2) is 0 Å². The van der Waals surface area contributed by atoms with E-state index in [-0.39, 0.29) is 6.04 Å². The van der Waals surface area contributed by atoms with Crippen LogP contribution >= 0.6 is 12.2 Å². The van der Waals surface area contributed by atoms with Gasteiger partial charge in [0.05, 0.1) is 24.9 Å². The smallest absolute Gasteiger partial charge is 0.171 e. The number of ether oxygens (including phenoxy) is 2. The van der Waals surface area contributed by atoms with Gasteiger partial charge in [-0.15, -0.1) is 0 Å². The average molecular weight is 344 g/mol. The third-order valence-electron chi connectivity index (χ3n) is 3.47. The third-order valence-corrected chi connectivity index (χ3v) is 3.69. The molecule has 2 aromatic carbocycles. The predicted molar refractivity (Wildman–Crippen MR) is 103 cm³/mol. The summed E-state index contributed by atoms with van der Waals surface area (Å²) in [6, 6.07) is 15.9. The molecular formula is C19H24N2O2S. The molecule has 4 nitrogen and oxygen atoms in total. The molecule has 0 radical (unpaired) electrons. The lowest BCUT2D eigenvalue weighted by Gasteiger charge is -2.19. The second kappa shape index (κ2) is 9.13. The van der Waals surface area contributed by atoms with E-state index in [4.69, 9.17) is 21.7 Å². The number of para-hydroxylation sites is 2. The zero-order valence-corrected chi connectivity index (χ0v) is 15.2. The molecule has 2 N–H and O–H groups in total. The van der Waals surface area contributed by atoms with Gasteiger partial charge in [0, 0.05) is 0 Å². The highest BCUT2D eigenvalue weighted by atomic mass is 32.1. The molecule has 0 aromatic heterocycles. The largest absolute Gasteiger partial charge is 0.494 e. The van der Waals surface area contributed by atoms with Crippen molar-refractivity contribution in [1.82, 2.24) is 5.32 Å². The summed E-state index contributed by atoms with van der Waals surface area (Å²) in [5, 5.41) is 7.05. The standard InChI is InChI=1S/C19H24N2O2S/c1-4-22-16-12-10-15(11-13-16)14(3)20-19(24)21-17-8-6-7-9-18(17)23-5-2/h6-14H,4-5H2,1-3H3,(H2,20,21,24)/t14-/m1/s1. The Balaban J connectivity index is 1.96. The van der Waals surface area contributed by atoms with Crippen LogP contribution in [0.1, 0.15) is 32.4 Å². The Kier molecular flexibility index (Phi) is 6.88. The van der Waals surface area contributed by atoms with Gasteiger partial charge in [-0.05, 0) is 62.8 Å². The Hall–Kier alpha value is -2.27. The Morgan fingerprint density at radius 3 is 2.33 bits per heavy atom. The van der Waals surface area contributed by atoms with Crippen molar-refractivity contribution >= 4 is 23.0 Å². The van der Waals surface area contributed by atoms with Crippen molar-refractivity contribution in [2.75, 3.05) is 18.5 Å². The van der Waals surface area contributed by atoms with E-state index in [1.54, 1.807) is 0 Å². The molecule has 0 unspecified atom stereocenters. The minimum absolute atomic E-state index is 0.0833. The normalized spacial score (nSPS) is 11.5. The lowest BCUT2D eigenvalue weighted by molar-refractivity contribution is 0.340. The minimum Gasteiger partial charge on any atom is -0.494 e. The number of benzene rings is 2. The molecule has 0 aliphatic carbocycles. The highest BCUT2D eigenvalue weighted by Crippen LogP contribution is 2.24. The Morgan fingerprint density at radius 1 is 1.00 bits per heavy atom. The summed E-state index contributed by atoms with van der Waals surface area (Å²) in [6.07, 6.45) is 0. The van der Waals surface area contributed by atoms with Gasteiger partial charge >= 0.3 is 0 Å². The summed E-state index contributed by atoms with van der Waals surface area (Å²) in [6.45, 7) is 7.28. The van der Waals surface area contributed by atoms with Crippen LogP contribution in [0.15, 0.2) is 48.5 Å². The minimum atomic E-state index is 0.0833. The van der Waals surface area contributed by atoms with Crippen molar-refractivity contribution in [3.63, 3.8) is 0 Å². The van der Waals surface area contributed by atoms with E-state index in [0.717, 1.165) is 22.7 Å². The second-order valence-electron chi connectivity index (χ2n) is 5.25. The molecule has 2 aromatic rings. The summed E-state index contributed by atoms with van der Waals surface area (Å²) in [5.41, 5.74) is 2.00. The van der Waals surface area contributed by atoms with E-state index >= 15 is 0 Å². The van der Waals surface area contributed by atoms with E-state index in [1.165, 1.54) is 0 Å². The van der Waals surface area contributed by atoms with Crippen molar-refractivity contribution in [1.29, 1.82) is 0 Å². The van der Waals surface area contributed by atoms with Crippen molar-refractivity contribution in [2.24, 2.45) is 0 Å². The summed E-state index contributed by atoms with van der Waals surface area (Å²) in [5.74, 6) is 1.66. The van der Waals surface area contributed by atoms with Gasteiger partial charge in [-0.3, -0.25) is 0 Å². The Morgan fingerprint density at radius 2 is 1.67 bits per heavy atom. The van der Waals surface area contributed by atoms with E-state index in [0.29, 0.717) is 18.3 Å². The maximum atomic E-state index is 5.60. The topological polar surface area (TPSA) is 42.5 Å². The molecule has 0 bridgehead atoms. The van der Waals surface area contributed by atoms with E-state index in [9.17, 15) is 0 Å². The van der Waals surface area contributed by atoms with Crippen LogP contribution < -0.4 is 20.1 Å². The molecule has 0 spiro atoms. The molecule has 0 saturated carbocycles. The summed E-state index contributed by atoms with van der Waals surface area (Å²) in [7, 11) is 0. The Labute approximate surface area is 149 Å². The van der Waals surface area contributed by atoms with E-state index in [1.807, 2.05) is 62.4 Å². The van der Waals surface area contributed by atoms with Crippen molar-refractivity contribution in [2.45, 2.75) is 26.8 Å². The van der Waals surface area contributed by atoms with Crippen LogP contribution in [-0.4, -0.2) is 18.3 Å². The van der Waals surface area contributed by atoms with Crippen LogP contribution in [0.5, 0.6) is 11.5 Å². The predicted octanol–water partition coefficient (Wildman–Crippen LogP) is 4.53. The third kappa shape index (κ3) is 5.13. The SMILES string of the molecule is CCOc1ccc([C@@H](C)NC(=S)Nc2ccccc2OCC)cc1. The van der Waals surface area contributed by atoms with Gasteiger partial charge in [-0.1, -0.05) is 24.3 Å². The number of rotatable bonds is 7. The monoisotopic (exact) mass is 344 g/mol. The van der Waals surface area contributed by atoms with Crippen LogP contribution in [0.4, 0.5) is 5.69 Å². The Bertz CT molecular complexity index is 659. The molecule has 24 heavy (non-hydrogen) atoms. The van der Waals surface area contributed by atoms with Gasteiger partial charge in [0.1, 0.15) is 11.5 Å². The van der Waals surface area contributed by atoms with Gasteiger partial charge in [0.25, 0.3) is 0 Å². The van der Waals surface area contributed by atoms with Crippen LogP contribution in [-0.2, 0) is 0 Å². The van der Waals surface area contributed by atoms with E-state index in [2.05, 4.69) is 17.6 Å². The van der Waals surface area contributed by atoms with E-state index < -0.39 is 0 Å². The number of nitrogens with one attached hydrogen (secondary N) is 2. The first-order valence-corrected chi connectivity index (χ1v) is 8.57. The molecule has 0 aliphatic rings. The maximum absolute atomic E-state index is 5.60. The fourth-order valence-corrected chi connectivity index (χ4v) is 2.60.